The van der Waals surface area contributed by atoms with Gasteiger partial charge in [0.15, 0.2) is 0 Å². The molecule has 7 nitrogen and oxygen atoms in total. The molecule has 0 unspecified atom stereocenters. The van der Waals surface area contributed by atoms with E-state index in [-0.39, 0.29) is 12.9 Å². The van der Waals surface area contributed by atoms with E-state index in [0.29, 0.717) is 32.7 Å². The standard InChI is InChI=1S/C34H39N3O4/c1-5-39-25-40-24-30-29-21-22-36(32(38)41-33(2,3)4)23-31(29)37(35-30)34(26-15-9-6-10-16-26,27-17-11-7-12-18-27)28-19-13-8-14-20-28/h6-20H,5,21-25H2,1-4H3. The first-order valence-electron chi connectivity index (χ1n) is 14.2. The molecule has 0 fully saturated rings. The van der Waals surface area contributed by atoms with E-state index in [9.17, 15) is 4.79 Å². The van der Waals surface area contributed by atoms with Crippen molar-refractivity contribution >= 4 is 6.09 Å². The first-order valence-corrected chi connectivity index (χ1v) is 14.2. The molecule has 0 radical (unpaired) electrons. The number of carbonyl (C=O) groups excluding carboxylic acids is 1. The minimum Gasteiger partial charge on any atom is -0.444 e. The van der Waals surface area contributed by atoms with Crippen LogP contribution in [-0.4, -0.2) is 46.3 Å². The number of rotatable bonds is 9. The average molecular weight is 554 g/mol. The van der Waals surface area contributed by atoms with Crippen LogP contribution in [0.1, 0.15) is 61.3 Å². The van der Waals surface area contributed by atoms with Crippen LogP contribution in [0.25, 0.3) is 0 Å². The molecule has 1 aromatic heterocycles. The molecule has 0 aliphatic carbocycles. The molecule has 0 bridgehead atoms. The van der Waals surface area contributed by atoms with Gasteiger partial charge in [0.25, 0.3) is 0 Å². The number of ether oxygens (including phenoxy) is 3. The minimum absolute atomic E-state index is 0.198. The molecule has 3 aromatic carbocycles. The first-order chi connectivity index (χ1) is 19.8. The molecule has 1 aliphatic rings. The van der Waals surface area contributed by atoms with Crippen LogP contribution in [0.3, 0.4) is 0 Å². The maximum absolute atomic E-state index is 13.3. The van der Waals surface area contributed by atoms with Gasteiger partial charge in [-0.25, -0.2) is 9.48 Å². The van der Waals surface area contributed by atoms with Gasteiger partial charge in [0.1, 0.15) is 17.9 Å². The SMILES string of the molecule is CCOCOCc1nn(C(c2ccccc2)(c2ccccc2)c2ccccc2)c2c1CCN(C(=O)OC(C)(C)C)C2. The van der Waals surface area contributed by atoms with Crippen LogP contribution >= 0.6 is 0 Å². The summed E-state index contributed by atoms with van der Waals surface area (Å²) in [5.74, 6) is 0. The molecule has 0 saturated carbocycles. The van der Waals surface area contributed by atoms with E-state index in [2.05, 4.69) is 77.5 Å². The molecule has 41 heavy (non-hydrogen) atoms. The zero-order chi connectivity index (χ0) is 28.9. The van der Waals surface area contributed by atoms with E-state index < -0.39 is 11.1 Å². The van der Waals surface area contributed by atoms with Crippen molar-refractivity contribution in [3.05, 3.63) is 125 Å². The monoisotopic (exact) mass is 553 g/mol. The lowest BCUT2D eigenvalue weighted by Crippen LogP contribution is -2.44. The van der Waals surface area contributed by atoms with E-state index >= 15 is 0 Å². The average Bonchev–Trinajstić information content (AvgIpc) is 3.34. The van der Waals surface area contributed by atoms with Crippen molar-refractivity contribution in [1.29, 1.82) is 0 Å². The van der Waals surface area contributed by atoms with Crippen LogP contribution in [0.5, 0.6) is 0 Å². The van der Waals surface area contributed by atoms with Gasteiger partial charge >= 0.3 is 6.09 Å². The number of benzene rings is 3. The van der Waals surface area contributed by atoms with Crippen molar-refractivity contribution in [2.75, 3.05) is 19.9 Å². The van der Waals surface area contributed by atoms with Gasteiger partial charge in [0, 0.05) is 18.7 Å². The molecule has 0 spiro atoms. The normalized spacial score (nSPS) is 13.6. The van der Waals surface area contributed by atoms with Gasteiger partial charge in [0.05, 0.1) is 24.5 Å². The maximum Gasteiger partial charge on any atom is 0.410 e. The van der Waals surface area contributed by atoms with Crippen LogP contribution in [0.4, 0.5) is 4.79 Å². The number of fused-ring (bicyclic) bond motifs is 1. The Morgan fingerprint density at radius 3 is 1.85 bits per heavy atom. The van der Waals surface area contributed by atoms with Gasteiger partial charge in [-0.15, -0.1) is 0 Å². The van der Waals surface area contributed by atoms with E-state index in [1.165, 1.54) is 0 Å². The van der Waals surface area contributed by atoms with E-state index in [0.717, 1.165) is 33.6 Å². The Balaban J connectivity index is 1.74. The fraction of sp³-hybridized carbons (Fsp3) is 0.353. The molecule has 7 heteroatoms. The summed E-state index contributed by atoms with van der Waals surface area (Å²) < 4.78 is 19.3. The van der Waals surface area contributed by atoms with Crippen LogP contribution in [0.2, 0.25) is 0 Å². The lowest BCUT2D eigenvalue weighted by atomic mass is 9.76. The minimum atomic E-state index is -0.803. The van der Waals surface area contributed by atoms with Crippen LogP contribution in [0.15, 0.2) is 91.0 Å². The highest BCUT2D eigenvalue weighted by molar-refractivity contribution is 5.68. The second-order valence-corrected chi connectivity index (χ2v) is 11.2. The Kier molecular flexibility index (Phi) is 8.57. The van der Waals surface area contributed by atoms with Crippen LogP contribution in [-0.2, 0) is 39.3 Å². The summed E-state index contributed by atoms with van der Waals surface area (Å²) in [6.07, 6.45) is 0.325. The maximum atomic E-state index is 13.3. The Labute approximate surface area is 242 Å². The first kappa shape index (κ1) is 28.6. The van der Waals surface area contributed by atoms with Crippen molar-refractivity contribution in [2.24, 2.45) is 0 Å². The molecule has 0 atom stereocenters. The van der Waals surface area contributed by atoms with Crippen molar-refractivity contribution in [3.63, 3.8) is 0 Å². The Morgan fingerprint density at radius 1 is 0.829 bits per heavy atom. The Bertz CT molecular complexity index is 1330. The third kappa shape index (κ3) is 5.92. The highest BCUT2D eigenvalue weighted by Crippen LogP contribution is 2.43. The van der Waals surface area contributed by atoms with Crippen LogP contribution < -0.4 is 0 Å². The van der Waals surface area contributed by atoms with E-state index in [4.69, 9.17) is 19.3 Å². The summed E-state index contributed by atoms with van der Waals surface area (Å²) in [6, 6.07) is 31.3. The molecule has 4 aromatic rings. The third-order valence-corrected chi connectivity index (χ3v) is 7.30. The molecule has 1 amide bonds. The summed E-state index contributed by atoms with van der Waals surface area (Å²) in [6.45, 7) is 9.63. The summed E-state index contributed by atoms with van der Waals surface area (Å²) in [7, 11) is 0. The Hall–Kier alpha value is -3.94. The fourth-order valence-electron chi connectivity index (χ4n) is 5.55. The highest BCUT2D eigenvalue weighted by atomic mass is 16.7. The topological polar surface area (TPSA) is 65.8 Å². The quantitative estimate of drug-likeness (QED) is 0.134. The van der Waals surface area contributed by atoms with Gasteiger partial charge in [0.2, 0.25) is 0 Å². The van der Waals surface area contributed by atoms with Crippen molar-refractivity contribution in [2.45, 2.75) is 58.4 Å². The zero-order valence-electron chi connectivity index (χ0n) is 24.4. The number of carbonyl (C=O) groups is 1. The van der Waals surface area contributed by atoms with Gasteiger partial charge < -0.3 is 19.1 Å². The van der Waals surface area contributed by atoms with E-state index in [1.807, 2.05) is 45.9 Å². The Morgan fingerprint density at radius 2 is 1.37 bits per heavy atom. The molecular formula is C34H39N3O4. The van der Waals surface area contributed by atoms with Crippen molar-refractivity contribution in [1.82, 2.24) is 14.7 Å². The highest BCUT2D eigenvalue weighted by Gasteiger charge is 2.43. The molecular weight excluding hydrogens is 514 g/mol. The molecule has 1 aliphatic heterocycles. The number of amides is 1. The van der Waals surface area contributed by atoms with Crippen LogP contribution in [0, 0.1) is 0 Å². The van der Waals surface area contributed by atoms with Gasteiger partial charge in [-0.3, -0.25) is 0 Å². The smallest absolute Gasteiger partial charge is 0.410 e. The number of aromatic nitrogens is 2. The molecule has 0 N–H and O–H groups in total. The van der Waals surface area contributed by atoms with Gasteiger partial charge in [-0.05, 0) is 50.8 Å². The predicted octanol–water partition coefficient (Wildman–Crippen LogP) is 6.53. The second-order valence-electron chi connectivity index (χ2n) is 11.2. The largest absolute Gasteiger partial charge is 0.444 e. The molecule has 0 saturated heterocycles. The van der Waals surface area contributed by atoms with E-state index in [1.54, 1.807) is 4.90 Å². The molecule has 214 valence electrons. The fourth-order valence-corrected chi connectivity index (χ4v) is 5.55. The molecule has 5 rings (SSSR count). The van der Waals surface area contributed by atoms with Crippen molar-refractivity contribution in [3.8, 4) is 0 Å². The second kappa shape index (κ2) is 12.3. The van der Waals surface area contributed by atoms with Gasteiger partial charge in [-0.1, -0.05) is 91.0 Å². The van der Waals surface area contributed by atoms with Crippen molar-refractivity contribution < 1.29 is 19.0 Å². The molecule has 2 heterocycles. The zero-order valence-corrected chi connectivity index (χ0v) is 24.4. The summed E-state index contributed by atoms with van der Waals surface area (Å²) in [5.41, 5.74) is 4.75. The lowest BCUT2D eigenvalue weighted by Gasteiger charge is -2.39. The predicted molar refractivity (Wildman–Crippen MR) is 158 cm³/mol. The third-order valence-electron chi connectivity index (χ3n) is 7.30. The number of hydrogen-bond donors (Lipinski definition) is 0. The summed E-state index contributed by atoms with van der Waals surface area (Å²) in [4.78, 5) is 15.1. The number of hydrogen-bond acceptors (Lipinski definition) is 5. The summed E-state index contributed by atoms with van der Waals surface area (Å²) >= 11 is 0. The van der Waals surface area contributed by atoms with Gasteiger partial charge in [-0.2, -0.15) is 5.10 Å². The summed E-state index contributed by atoms with van der Waals surface area (Å²) in [5, 5.41) is 5.32. The lowest BCUT2D eigenvalue weighted by molar-refractivity contribution is -0.0583. The number of nitrogens with zero attached hydrogens (tertiary/aromatic N) is 3.